The molecule has 3 rings (SSSR count). The third kappa shape index (κ3) is 2.68. The SMILES string of the molecule is CNC(=O)N1c2ccc(NC)cc2Sc2cc(NC)c(Cl)cc21. The minimum absolute atomic E-state index is 0.196. The number of halogens is 1. The molecule has 0 unspecified atom stereocenters. The van der Waals surface area contributed by atoms with Crippen molar-refractivity contribution >= 4 is 52.1 Å². The molecule has 7 heteroatoms. The molecule has 0 aliphatic carbocycles. The van der Waals surface area contributed by atoms with Crippen molar-refractivity contribution in [1.82, 2.24) is 5.32 Å². The fourth-order valence-electron chi connectivity index (χ4n) is 2.51. The second-order valence-electron chi connectivity index (χ2n) is 4.97. The van der Waals surface area contributed by atoms with E-state index in [9.17, 15) is 4.79 Å². The molecule has 3 N–H and O–H groups in total. The molecule has 2 amide bonds. The van der Waals surface area contributed by atoms with Crippen LogP contribution in [0.1, 0.15) is 0 Å². The van der Waals surface area contributed by atoms with Gasteiger partial charge in [-0.2, -0.15) is 0 Å². The number of benzene rings is 2. The highest BCUT2D eigenvalue weighted by molar-refractivity contribution is 7.99. The Morgan fingerprint density at radius 1 is 1.04 bits per heavy atom. The van der Waals surface area contributed by atoms with Crippen LogP contribution in [0.2, 0.25) is 5.02 Å². The highest BCUT2D eigenvalue weighted by Gasteiger charge is 2.29. The van der Waals surface area contributed by atoms with Gasteiger partial charge in [0.25, 0.3) is 0 Å². The molecule has 0 saturated heterocycles. The van der Waals surface area contributed by atoms with E-state index in [-0.39, 0.29) is 6.03 Å². The van der Waals surface area contributed by atoms with E-state index in [1.165, 1.54) is 0 Å². The van der Waals surface area contributed by atoms with Crippen LogP contribution in [0.4, 0.5) is 27.5 Å². The largest absolute Gasteiger partial charge is 0.388 e. The van der Waals surface area contributed by atoms with E-state index in [2.05, 4.69) is 16.0 Å². The number of hydrogen-bond donors (Lipinski definition) is 3. The van der Waals surface area contributed by atoms with Gasteiger partial charge in [-0.15, -0.1) is 0 Å². The molecule has 5 nitrogen and oxygen atoms in total. The Kier molecular flexibility index (Phi) is 4.28. The molecule has 0 radical (unpaired) electrons. The van der Waals surface area contributed by atoms with Crippen molar-refractivity contribution in [3.63, 3.8) is 0 Å². The lowest BCUT2D eigenvalue weighted by atomic mass is 10.2. The molecule has 2 aromatic carbocycles. The van der Waals surface area contributed by atoms with Crippen LogP contribution in [0.25, 0.3) is 0 Å². The normalized spacial score (nSPS) is 12.3. The van der Waals surface area contributed by atoms with Crippen LogP contribution in [0.5, 0.6) is 0 Å². The summed E-state index contributed by atoms with van der Waals surface area (Å²) in [5.41, 5.74) is 3.46. The van der Waals surface area contributed by atoms with E-state index < -0.39 is 0 Å². The van der Waals surface area contributed by atoms with Gasteiger partial charge in [0, 0.05) is 36.6 Å². The third-order valence-corrected chi connectivity index (χ3v) is 5.09. The number of urea groups is 1. The summed E-state index contributed by atoms with van der Waals surface area (Å²) in [6, 6.07) is 9.51. The lowest BCUT2D eigenvalue weighted by Gasteiger charge is -2.31. The zero-order valence-corrected chi connectivity index (χ0v) is 14.6. The predicted octanol–water partition coefficient (Wildman–Crippen LogP) is 4.37. The summed E-state index contributed by atoms with van der Waals surface area (Å²) in [5, 5.41) is 9.47. The number of carbonyl (C=O) groups excluding carboxylic acids is 1. The fourth-order valence-corrected chi connectivity index (χ4v) is 3.88. The molecule has 1 heterocycles. The van der Waals surface area contributed by atoms with Crippen molar-refractivity contribution in [1.29, 1.82) is 0 Å². The molecule has 1 aliphatic rings. The average Bonchev–Trinajstić information content (AvgIpc) is 2.58. The smallest absolute Gasteiger partial charge is 0.326 e. The molecule has 0 spiro atoms. The average molecular weight is 349 g/mol. The number of anilines is 4. The molecule has 0 aromatic heterocycles. The molecule has 2 aromatic rings. The van der Waals surface area contributed by atoms with E-state index in [0.717, 1.165) is 32.5 Å². The quantitative estimate of drug-likeness (QED) is 0.754. The van der Waals surface area contributed by atoms with E-state index in [1.807, 2.05) is 44.4 Å². The Morgan fingerprint density at radius 3 is 2.43 bits per heavy atom. The van der Waals surface area contributed by atoms with Gasteiger partial charge in [-0.25, -0.2) is 4.79 Å². The molecular formula is C16H17ClN4OS. The Morgan fingerprint density at radius 2 is 1.78 bits per heavy atom. The van der Waals surface area contributed by atoms with Crippen molar-refractivity contribution in [3.05, 3.63) is 35.4 Å². The molecule has 120 valence electrons. The van der Waals surface area contributed by atoms with Gasteiger partial charge in [0.1, 0.15) is 0 Å². The number of carbonyl (C=O) groups is 1. The molecule has 1 aliphatic heterocycles. The maximum absolute atomic E-state index is 12.4. The summed E-state index contributed by atoms with van der Waals surface area (Å²) >= 11 is 7.93. The molecular weight excluding hydrogens is 332 g/mol. The Labute approximate surface area is 144 Å². The zero-order chi connectivity index (χ0) is 16.6. The summed E-state index contributed by atoms with van der Waals surface area (Å²) in [4.78, 5) is 16.1. The summed E-state index contributed by atoms with van der Waals surface area (Å²) in [7, 11) is 5.32. The first-order valence-corrected chi connectivity index (χ1v) is 8.31. The van der Waals surface area contributed by atoms with Crippen LogP contribution in [-0.2, 0) is 0 Å². The van der Waals surface area contributed by atoms with Gasteiger partial charge in [-0.05, 0) is 30.3 Å². The Hall–Kier alpha value is -2.05. The van der Waals surface area contributed by atoms with Crippen molar-refractivity contribution < 1.29 is 4.79 Å². The molecule has 23 heavy (non-hydrogen) atoms. The first-order chi connectivity index (χ1) is 11.1. The standard InChI is InChI=1S/C16H17ClN4OS/c1-18-9-4-5-12-14(6-9)23-15-8-11(19-2)10(17)7-13(15)21(12)16(22)20-3/h4-8,18-19H,1-3H3,(H,20,22). The summed E-state index contributed by atoms with van der Waals surface area (Å²) in [5.74, 6) is 0. The van der Waals surface area contributed by atoms with E-state index in [4.69, 9.17) is 11.6 Å². The van der Waals surface area contributed by atoms with Crippen molar-refractivity contribution in [2.75, 3.05) is 36.7 Å². The number of rotatable bonds is 2. The Bertz CT molecular complexity index is 781. The minimum Gasteiger partial charge on any atom is -0.388 e. The van der Waals surface area contributed by atoms with Crippen molar-refractivity contribution in [2.24, 2.45) is 0 Å². The van der Waals surface area contributed by atoms with Crippen molar-refractivity contribution in [2.45, 2.75) is 9.79 Å². The van der Waals surface area contributed by atoms with Crippen LogP contribution in [0, 0.1) is 0 Å². The van der Waals surface area contributed by atoms with Gasteiger partial charge in [0.05, 0.1) is 22.1 Å². The third-order valence-electron chi connectivity index (χ3n) is 3.69. The van der Waals surface area contributed by atoms with Crippen LogP contribution in [0.3, 0.4) is 0 Å². The number of nitrogens with one attached hydrogen (secondary N) is 3. The number of nitrogens with zero attached hydrogens (tertiary/aromatic N) is 1. The second-order valence-corrected chi connectivity index (χ2v) is 6.47. The summed E-state index contributed by atoms with van der Waals surface area (Å²) in [6.07, 6.45) is 0. The fraction of sp³-hybridized carbons (Fsp3) is 0.188. The predicted molar refractivity (Wildman–Crippen MR) is 97.7 cm³/mol. The van der Waals surface area contributed by atoms with E-state index >= 15 is 0 Å². The van der Waals surface area contributed by atoms with Gasteiger partial charge < -0.3 is 16.0 Å². The molecule has 0 bridgehead atoms. The van der Waals surface area contributed by atoms with Crippen molar-refractivity contribution in [3.8, 4) is 0 Å². The first kappa shape index (κ1) is 15.8. The summed E-state index contributed by atoms with van der Waals surface area (Å²) in [6.45, 7) is 0. The maximum Gasteiger partial charge on any atom is 0.326 e. The highest BCUT2D eigenvalue weighted by Crippen LogP contribution is 2.51. The van der Waals surface area contributed by atoms with E-state index in [1.54, 1.807) is 23.7 Å². The zero-order valence-electron chi connectivity index (χ0n) is 13.0. The highest BCUT2D eigenvalue weighted by atomic mass is 35.5. The topological polar surface area (TPSA) is 56.4 Å². The van der Waals surface area contributed by atoms with E-state index in [0.29, 0.717) is 5.02 Å². The van der Waals surface area contributed by atoms with Gasteiger partial charge in [-0.3, -0.25) is 4.90 Å². The van der Waals surface area contributed by atoms with Gasteiger partial charge >= 0.3 is 6.03 Å². The molecule has 0 saturated carbocycles. The number of amides is 2. The van der Waals surface area contributed by atoms with Crippen LogP contribution in [0.15, 0.2) is 40.1 Å². The second kappa shape index (κ2) is 6.22. The monoisotopic (exact) mass is 348 g/mol. The first-order valence-electron chi connectivity index (χ1n) is 7.11. The lowest BCUT2D eigenvalue weighted by molar-refractivity contribution is 0.250. The maximum atomic E-state index is 12.4. The van der Waals surface area contributed by atoms with Gasteiger partial charge in [-0.1, -0.05) is 23.4 Å². The number of fused-ring (bicyclic) bond motifs is 2. The molecule has 0 atom stereocenters. The van der Waals surface area contributed by atoms with Crippen LogP contribution in [-0.4, -0.2) is 27.2 Å². The number of hydrogen-bond acceptors (Lipinski definition) is 4. The molecule has 0 fully saturated rings. The van der Waals surface area contributed by atoms with Gasteiger partial charge in [0.15, 0.2) is 0 Å². The van der Waals surface area contributed by atoms with Crippen LogP contribution >= 0.6 is 23.4 Å². The Balaban J connectivity index is 2.20. The van der Waals surface area contributed by atoms with Crippen LogP contribution < -0.4 is 20.9 Å². The lowest BCUT2D eigenvalue weighted by Crippen LogP contribution is -2.36. The summed E-state index contributed by atoms with van der Waals surface area (Å²) < 4.78 is 0. The van der Waals surface area contributed by atoms with Gasteiger partial charge in [0.2, 0.25) is 0 Å². The minimum atomic E-state index is -0.196.